The average molecular weight is 389 g/mol. The fourth-order valence-electron chi connectivity index (χ4n) is 3.20. The molecule has 0 bridgehead atoms. The van der Waals surface area contributed by atoms with Crippen molar-refractivity contribution in [2.45, 2.75) is 20.3 Å². The van der Waals surface area contributed by atoms with E-state index < -0.39 is 0 Å². The number of amides is 1. The molecule has 1 aromatic carbocycles. The predicted molar refractivity (Wildman–Crippen MR) is 97.3 cm³/mol. The van der Waals surface area contributed by atoms with Gasteiger partial charge in [-0.3, -0.25) is 4.79 Å². The van der Waals surface area contributed by atoms with Gasteiger partial charge < -0.3 is 9.64 Å². The Morgan fingerprint density at radius 1 is 1.12 bits per heavy atom. The molecule has 0 spiro atoms. The lowest BCUT2D eigenvalue weighted by molar-refractivity contribution is 0.0622. The monoisotopic (exact) mass is 388 g/mol. The van der Waals surface area contributed by atoms with Crippen molar-refractivity contribution in [1.82, 2.24) is 9.88 Å². The zero-order chi connectivity index (χ0) is 17.1. The normalized spacial score (nSPS) is 20.7. The zero-order valence-electron chi connectivity index (χ0n) is 13.9. The Hall–Kier alpha value is -1.88. The molecule has 126 valence electrons. The topological polar surface area (TPSA) is 42.4 Å². The van der Waals surface area contributed by atoms with Crippen molar-refractivity contribution in [2.24, 2.45) is 11.8 Å². The largest absolute Gasteiger partial charge is 0.439 e. The van der Waals surface area contributed by atoms with Crippen LogP contribution in [0.15, 0.2) is 47.1 Å². The van der Waals surface area contributed by atoms with Crippen LogP contribution in [0.5, 0.6) is 11.6 Å². The minimum absolute atomic E-state index is 0.0519. The van der Waals surface area contributed by atoms with E-state index in [-0.39, 0.29) is 5.91 Å². The van der Waals surface area contributed by atoms with Crippen LogP contribution in [-0.4, -0.2) is 28.9 Å². The molecule has 1 aromatic heterocycles. The van der Waals surface area contributed by atoms with E-state index in [0.29, 0.717) is 29.0 Å². The Bertz CT molecular complexity index is 690. The SMILES string of the molecule is CC1CC(C)CN(C(=O)c2ccc(Oc3ccc(Br)cc3)nc2)C1. The molecular formula is C19H21BrN2O2. The predicted octanol–water partition coefficient (Wildman–Crippen LogP) is 4.75. The molecule has 2 unspecified atom stereocenters. The van der Waals surface area contributed by atoms with E-state index in [1.54, 1.807) is 18.3 Å². The van der Waals surface area contributed by atoms with Crippen LogP contribution in [0.2, 0.25) is 0 Å². The maximum Gasteiger partial charge on any atom is 0.255 e. The fourth-order valence-corrected chi connectivity index (χ4v) is 3.47. The smallest absolute Gasteiger partial charge is 0.255 e. The summed E-state index contributed by atoms with van der Waals surface area (Å²) in [7, 11) is 0. The number of benzene rings is 1. The number of nitrogens with zero attached hydrogens (tertiary/aromatic N) is 2. The van der Waals surface area contributed by atoms with Gasteiger partial charge in [0.1, 0.15) is 5.75 Å². The molecule has 24 heavy (non-hydrogen) atoms. The van der Waals surface area contributed by atoms with Gasteiger partial charge in [0.05, 0.1) is 5.56 Å². The third-order valence-corrected chi connectivity index (χ3v) is 4.70. The van der Waals surface area contributed by atoms with E-state index >= 15 is 0 Å². The van der Waals surface area contributed by atoms with E-state index in [0.717, 1.165) is 17.6 Å². The van der Waals surface area contributed by atoms with Gasteiger partial charge in [-0.25, -0.2) is 4.98 Å². The number of ether oxygens (including phenoxy) is 1. The number of piperidine rings is 1. The molecule has 3 rings (SSSR count). The van der Waals surface area contributed by atoms with Crippen LogP contribution in [0.1, 0.15) is 30.6 Å². The summed E-state index contributed by atoms with van der Waals surface area (Å²) in [5.74, 6) is 2.34. The molecular weight excluding hydrogens is 368 g/mol. The number of hydrogen-bond acceptors (Lipinski definition) is 3. The Balaban J connectivity index is 1.67. The van der Waals surface area contributed by atoms with Crippen LogP contribution in [0, 0.1) is 11.8 Å². The lowest BCUT2D eigenvalue weighted by Gasteiger charge is -2.35. The Labute approximate surface area is 151 Å². The highest BCUT2D eigenvalue weighted by Gasteiger charge is 2.26. The zero-order valence-corrected chi connectivity index (χ0v) is 15.5. The van der Waals surface area contributed by atoms with Gasteiger partial charge in [0.15, 0.2) is 0 Å². The first-order valence-corrected chi connectivity index (χ1v) is 8.99. The molecule has 1 saturated heterocycles. The number of likely N-dealkylation sites (tertiary alicyclic amines) is 1. The minimum Gasteiger partial charge on any atom is -0.439 e. The average Bonchev–Trinajstić information content (AvgIpc) is 2.56. The molecule has 2 aromatic rings. The van der Waals surface area contributed by atoms with Gasteiger partial charge in [-0.15, -0.1) is 0 Å². The summed E-state index contributed by atoms with van der Waals surface area (Å²) in [6.45, 7) is 6.04. The van der Waals surface area contributed by atoms with Crippen LogP contribution in [-0.2, 0) is 0 Å². The van der Waals surface area contributed by atoms with E-state index in [9.17, 15) is 4.79 Å². The quantitative estimate of drug-likeness (QED) is 0.761. The van der Waals surface area contributed by atoms with Crippen molar-refractivity contribution >= 4 is 21.8 Å². The first kappa shape index (κ1) is 17.0. The summed E-state index contributed by atoms with van der Waals surface area (Å²) in [4.78, 5) is 18.8. The second kappa shape index (κ2) is 7.34. The summed E-state index contributed by atoms with van der Waals surface area (Å²) in [5.41, 5.74) is 0.611. The van der Waals surface area contributed by atoms with Crippen molar-refractivity contribution in [3.05, 3.63) is 52.6 Å². The Kier molecular flexibility index (Phi) is 5.19. The van der Waals surface area contributed by atoms with Crippen molar-refractivity contribution in [2.75, 3.05) is 13.1 Å². The number of halogens is 1. The van der Waals surface area contributed by atoms with Crippen LogP contribution < -0.4 is 4.74 Å². The standard InChI is InChI=1S/C19H21BrN2O2/c1-13-9-14(2)12-22(11-13)19(23)15-3-8-18(21-10-15)24-17-6-4-16(20)5-7-17/h3-8,10,13-14H,9,11-12H2,1-2H3. The molecule has 0 N–H and O–H groups in total. The number of rotatable bonds is 3. The summed E-state index contributed by atoms with van der Waals surface area (Å²) in [6, 6.07) is 11.1. The third kappa shape index (κ3) is 4.15. The number of hydrogen-bond donors (Lipinski definition) is 0. The molecule has 5 heteroatoms. The second-order valence-corrected chi connectivity index (χ2v) is 7.51. The van der Waals surface area contributed by atoms with E-state index in [1.165, 1.54) is 6.42 Å². The summed E-state index contributed by atoms with van der Waals surface area (Å²) in [5, 5.41) is 0. The summed E-state index contributed by atoms with van der Waals surface area (Å²) >= 11 is 3.39. The molecule has 2 atom stereocenters. The van der Waals surface area contributed by atoms with E-state index in [4.69, 9.17) is 4.74 Å². The van der Waals surface area contributed by atoms with Crippen LogP contribution in [0.3, 0.4) is 0 Å². The maximum absolute atomic E-state index is 12.6. The molecule has 2 heterocycles. The molecule has 1 aliphatic heterocycles. The number of aromatic nitrogens is 1. The van der Waals surface area contributed by atoms with Crippen LogP contribution in [0.4, 0.5) is 0 Å². The van der Waals surface area contributed by atoms with Crippen molar-refractivity contribution in [3.63, 3.8) is 0 Å². The second-order valence-electron chi connectivity index (χ2n) is 6.60. The van der Waals surface area contributed by atoms with E-state index in [1.807, 2.05) is 29.2 Å². The van der Waals surface area contributed by atoms with Crippen molar-refractivity contribution in [3.8, 4) is 11.6 Å². The van der Waals surface area contributed by atoms with E-state index in [2.05, 4.69) is 34.8 Å². The highest BCUT2D eigenvalue weighted by Crippen LogP contribution is 2.24. The Morgan fingerprint density at radius 2 is 1.79 bits per heavy atom. The number of carbonyl (C=O) groups is 1. The molecule has 1 aliphatic rings. The van der Waals surface area contributed by atoms with Gasteiger partial charge in [-0.1, -0.05) is 29.8 Å². The molecule has 1 fully saturated rings. The van der Waals surface area contributed by atoms with Gasteiger partial charge in [0.25, 0.3) is 5.91 Å². The maximum atomic E-state index is 12.6. The molecule has 4 nitrogen and oxygen atoms in total. The molecule has 0 saturated carbocycles. The highest BCUT2D eigenvalue weighted by molar-refractivity contribution is 9.10. The van der Waals surface area contributed by atoms with Crippen LogP contribution >= 0.6 is 15.9 Å². The van der Waals surface area contributed by atoms with Crippen molar-refractivity contribution < 1.29 is 9.53 Å². The summed E-state index contributed by atoms with van der Waals surface area (Å²) < 4.78 is 6.69. The first-order chi connectivity index (χ1) is 11.5. The van der Waals surface area contributed by atoms with Crippen LogP contribution in [0.25, 0.3) is 0 Å². The highest BCUT2D eigenvalue weighted by atomic mass is 79.9. The van der Waals surface area contributed by atoms with Gasteiger partial charge >= 0.3 is 0 Å². The fraction of sp³-hybridized carbons (Fsp3) is 0.368. The number of carbonyl (C=O) groups excluding carboxylic acids is 1. The van der Waals surface area contributed by atoms with Crippen molar-refractivity contribution in [1.29, 1.82) is 0 Å². The van der Waals surface area contributed by atoms with Gasteiger partial charge in [-0.2, -0.15) is 0 Å². The lowest BCUT2D eigenvalue weighted by atomic mass is 9.91. The molecule has 0 aliphatic carbocycles. The molecule has 0 radical (unpaired) electrons. The van der Waals surface area contributed by atoms with Gasteiger partial charge in [0.2, 0.25) is 5.88 Å². The third-order valence-electron chi connectivity index (χ3n) is 4.18. The first-order valence-electron chi connectivity index (χ1n) is 8.20. The Morgan fingerprint density at radius 3 is 2.38 bits per heavy atom. The lowest BCUT2D eigenvalue weighted by Crippen LogP contribution is -2.42. The minimum atomic E-state index is 0.0519. The molecule has 1 amide bonds. The van der Waals surface area contributed by atoms with Gasteiger partial charge in [0, 0.05) is 29.8 Å². The summed E-state index contributed by atoms with van der Waals surface area (Å²) in [6.07, 6.45) is 2.78. The number of pyridine rings is 1. The van der Waals surface area contributed by atoms with Gasteiger partial charge in [-0.05, 0) is 48.6 Å².